The molecule has 0 spiro atoms. The van der Waals surface area contributed by atoms with E-state index in [2.05, 4.69) is 21.0 Å². The summed E-state index contributed by atoms with van der Waals surface area (Å²) < 4.78 is 3.49. The van der Waals surface area contributed by atoms with Crippen molar-refractivity contribution >= 4 is 45.2 Å². The third-order valence-corrected chi connectivity index (χ3v) is 4.64. The van der Waals surface area contributed by atoms with Crippen LogP contribution in [0.15, 0.2) is 46.4 Å². The molecular formula is C15H10BrClN2OS. The third-order valence-electron chi connectivity index (χ3n) is 3.02. The molecule has 2 heterocycles. The van der Waals surface area contributed by atoms with Crippen molar-refractivity contribution in [2.75, 3.05) is 0 Å². The Bertz CT molecular complexity index is 779. The van der Waals surface area contributed by atoms with Crippen LogP contribution >= 0.6 is 38.9 Å². The van der Waals surface area contributed by atoms with E-state index in [0.29, 0.717) is 22.1 Å². The van der Waals surface area contributed by atoms with Gasteiger partial charge in [0.15, 0.2) is 6.29 Å². The van der Waals surface area contributed by atoms with Crippen LogP contribution in [0.5, 0.6) is 0 Å². The molecule has 0 aliphatic rings. The van der Waals surface area contributed by atoms with Crippen molar-refractivity contribution < 1.29 is 4.79 Å². The molecule has 0 saturated heterocycles. The number of hydrogen-bond acceptors (Lipinski definition) is 3. The predicted octanol–water partition coefficient (Wildman–Crippen LogP) is 4.89. The summed E-state index contributed by atoms with van der Waals surface area (Å²) in [7, 11) is 0. The van der Waals surface area contributed by atoms with Crippen LogP contribution in [0.4, 0.5) is 0 Å². The number of nitrogens with zero attached hydrogens (tertiary/aromatic N) is 2. The van der Waals surface area contributed by atoms with E-state index in [1.54, 1.807) is 10.9 Å². The highest BCUT2D eigenvalue weighted by Gasteiger charge is 2.12. The minimum Gasteiger partial charge on any atom is -0.298 e. The molecule has 0 aliphatic heterocycles. The number of aldehydes is 1. The normalized spacial score (nSPS) is 10.8. The van der Waals surface area contributed by atoms with E-state index in [-0.39, 0.29) is 0 Å². The second-order valence-electron chi connectivity index (χ2n) is 4.51. The average Bonchev–Trinajstić information content (AvgIpc) is 3.07. The molecule has 0 atom stereocenters. The van der Waals surface area contributed by atoms with Gasteiger partial charge in [-0.15, -0.1) is 11.3 Å². The van der Waals surface area contributed by atoms with Crippen molar-refractivity contribution in [2.24, 2.45) is 0 Å². The van der Waals surface area contributed by atoms with E-state index in [1.807, 2.05) is 35.7 Å². The fraction of sp³-hybridized carbons (Fsp3) is 0.0667. The van der Waals surface area contributed by atoms with Crippen molar-refractivity contribution in [3.8, 4) is 11.3 Å². The maximum atomic E-state index is 11.2. The van der Waals surface area contributed by atoms with Crippen molar-refractivity contribution in [3.05, 3.63) is 61.8 Å². The Kier molecular flexibility index (Phi) is 4.24. The molecule has 0 unspecified atom stereocenters. The van der Waals surface area contributed by atoms with Crippen molar-refractivity contribution in [1.29, 1.82) is 0 Å². The maximum absolute atomic E-state index is 11.2. The molecule has 0 saturated carbocycles. The van der Waals surface area contributed by atoms with Crippen LogP contribution in [-0.2, 0) is 6.54 Å². The van der Waals surface area contributed by atoms with Crippen molar-refractivity contribution in [3.63, 3.8) is 0 Å². The van der Waals surface area contributed by atoms with Gasteiger partial charge in [-0.25, -0.2) is 0 Å². The van der Waals surface area contributed by atoms with Gasteiger partial charge in [-0.1, -0.05) is 39.7 Å². The van der Waals surface area contributed by atoms with Crippen LogP contribution in [0.2, 0.25) is 4.34 Å². The second-order valence-corrected chi connectivity index (χ2v) is 6.97. The van der Waals surface area contributed by atoms with Gasteiger partial charge in [0.2, 0.25) is 0 Å². The molecule has 3 rings (SSSR count). The smallest absolute Gasteiger partial charge is 0.153 e. The van der Waals surface area contributed by atoms with Gasteiger partial charge in [0.1, 0.15) is 5.69 Å². The Morgan fingerprint density at radius 1 is 1.33 bits per heavy atom. The summed E-state index contributed by atoms with van der Waals surface area (Å²) in [5.74, 6) is 0. The van der Waals surface area contributed by atoms with Gasteiger partial charge in [0, 0.05) is 21.6 Å². The van der Waals surface area contributed by atoms with Gasteiger partial charge in [0.25, 0.3) is 0 Å². The highest BCUT2D eigenvalue weighted by atomic mass is 79.9. The molecule has 106 valence electrons. The number of aromatic nitrogens is 2. The van der Waals surface area contributed by atoms with Crippen LogP contribution in [-0.4, -0.2) is 16.1 Å². The number of carbonyl (C=O) groups is 1. The number of hydrogen-bond donors (Lipinski definition) is 0. The number of carbonyl (C=O) groups excluding carboxylic acids is 1. The SMILES string of the molecule is O=Cc1cn(Cc2ccc(Br)cc2)nc1-c1csc(Cl)c1. The third kappa shape index (κ3) is 3.26. The number of benzene rings is 1. The van der Waals surface area contributed by atoms with Gasteiger partial charge in [-0.3, -0.25) is 9.48 Å². The topological polar surface area (TPSA) is 34.9 Å². The molecule has 0 aliphatic carbocycles. The highest BCUT2D eigenvalue weighted by molar-refractivity contribution is 9.10. The Hall–Kier alpha value is -1.43. The average molecular weight is 382 g/mol. The fourth-order valence-corrected chi connectivity index (χ4v) is 3.17. The van der Waals surface area contributed by atoms with E-state index in [4.69, 9.17) is 11.6 Å². The fourth-order valence-electron chi connectivity index (χ4n) is 2.04. The molecule has 0 bridgehead atoms. The first-order valence-corrected chi connectivity index (χ1v) is 8.22. The number of rotatable bonds is 4. The first-order valence-electron chi connectivity index (χ1n) is 6.17. The molecule has 3 aromatic rings. The molecule has 3 nitrogen and oxygen atoms in total. The standard InChI is InChI=1S/C15H10BrClN2OS/c16-13-3-1-10(2-4-13)6-19-7-12(8-20)15(18-19)11-5-14(17)21-9-11/h1-5,7-9H,6H2. The lowest BCUT2D eigenvalue weighted by Gasteiger charge is -2.01. The highest BCUT2D eigenvalue weighted by Crippen LogP contribution is 2.29. The maximum Gasteiger partial charge on any atom is 0.153 e. The van der Waals surface area contributed by atoms with Crippen LogP contribution in [0, 0.1) is 0 Å². The molecule has 0 N–H and O–H groups in total. The zero-order valence-corrected chi connectivity index (χ0v) is 14.0. The van der Waals surface area contributed by atoms with Crippen LogP contribution in [0.25, 0.3) is 11.3 Å². The molecule has 0 amide bonds. The summed E-state index contributed by atoms with van der Waals surface area (Å²) in [6.07, 6.45) is 2.59. The summed E-state index contributed by atoms with van der Waals surface area (Å²) in [5, 5.41) is 6.41. The minimum atomic E-state index is 0.571. The summed E-state index contributed by atoms with van der Waals surface area (Å²) >= 11 is 10.8. The minimum absolute atomic E-state index is 0.571. The quantitative estimate of drug-likeness (QED) is 0.603. The molecule has 1 aromatic carbocycles. The summed E-state index contributed by atoms with van der Waals surface area (Å²) in [4.78, 5) is 11.2. The zero-order chi connectivity index (χ0) is 14.8. The van der Waals surface area contributed by atoms with Crippen LogP contribution < -0.4 is 0 Å². The number of halogens is 2. The van der Waals surface area contributed by atoms with Gasteiger partial charge in [-0.05, 0) is 23.8 Å². The molecule has 2 aromatic heterocycles. The molecular weight excluding hydrogens is 372 g/mol. The number of thiophene rings is 1. The molecule has 0 fully saturated rings. The summed E-state index contributed by atoms with van der Waals surface area (Å²) in [5.41, 5.74) is 3.24. The van der Waals surface area contributed by atoms with Gasteiger partial charge in [0.05, 0.1) is 16.4 Å². The van der Waals surface area contributed by atoms with E-state index < -0.39 is 0 Å². The summed E-state index contributed by atoms with van der Waals surface area (Å²) in [6, 6.07) is 9.84. The summed E-state index contributed by atoms with van der Waals surface area (Å²) in [6.45, 7) is 0.617. The Labute approximate surface area is 139 Å². The Balaban J connectivity index is 1.92. The van der Waals surface area contributed by atoms with E-state index >= 15 is 0 Å². The second kappa shape index (κ2) is 6.13. The lowest BCUT2D eigenvalue weighted by atomic mass is 10.2. The monoisotopic (exact) mass is 380 g/mol. The molecule has 0 radical (unpaired) electrons. The first-order chi connectivity index (χ1) is 10.2. The van der Waals surface area contributed by atoms with Gasteiger partial charge < -0.3 is 0 Å². The van der Waals surface area contributed by atoms with E-state index in [1.165, 1.54) is 11.3 Å². The van der Waals surface area contributed by atoms with E-state index in [9.17, 15) is 4.79 Å². The van der Waals surface area contributed by atoms with Crippen LogP contribution in [0.3, 0.4) is 0 Å². The van der Waals surface area contributed by atoms with Gasteiger partial charge >= 0.3 is 0 Å². The van der Waals surface area contributed by atoms with Crippen molar-refractivity contribution in [1.82, 2.24) is 9.78 Å². The first kappa shape index (κ1) is 14.5. The largest absolute Gasteiger partial charge is 0.298 e. The molecule has 21 heavy (non-hydrogen) atoms. The Morgan fingerprint density at radius 2 is 2.10 bits per heavy atom. The van der Waals surface area contributed by atoms with Crippen LogP contribution in [0.1, 0.15) is 15.9 Å². The predicted molar refractivity (Wildman–Crippen MR) is 89.2 cm³/mol. The Morgan fingerprint density at radius 3 is 2.71 bits per heavy atom. The lowest BCUT2D eigenvalue weighted by molar-refractivity contribution is 0.112. The van der Waals surface area contributed by atoms with E-state index in [0.717, 1.165) is 21.9 Å². The van der Waals surface area contributed by atoms with Crippen molar-refractivity contribution in [2.45, 2.75) is 6.54 Å². The lowest BCUT2D eigenvalue weighted by Crippen LogP contribution is -2.00. The zero-order valence-electron chi connectivity index (χ0n) is 10.8. The molecule has 6 heteroatoms. The van der Waals surface area contributed by atoms with Gasteiger partial charge in [-0.2, -0.15) is 5.10 Å².